The summed E-state index contributed by atoms with van der Waals surface area (Å²) in [6.07, 6.45) is 0. The Morgan fingerprint density at radius 2 is 0.949 bits per heavy atom. The summed E-state index contributed by atoms with van der Waals surface area (Å²) in [4.78, 5) is 5.25. The van der Waals surface area contributed by atoms with Gasteiger partial charge in [-0.25, -0.2) is 4.98 Å². The molecule has 4 heterocycles. The first-order valence-corrected chi connectivity index (χ1v) is 21.7. The highest BCUT2D eigenvalue weighted by Crippen LogP contribution is 2.44. The average Bonchev–Trinajstić information content (AvgIpc) is 4.00. The average molecular weight is 785 g/mol. The lowest BCUT2D eigenvalue weighted by Gasteiger charge is -2.14. The zero-order valence-electron chi connectivity index (χ0n) is 31.7. The van der Waals surface area contributed by atoms with Crippen LogP contribution >= 0.6 is 22.7 Å². The minimum absolute atomic E-state index is 1.01. The molecule has 9 aromatic carbocycles. The second-order valence-electron chi connectivity index (χ2n) is 15.5. The molecular weight excluding hydrogens is 753 g/mol. The maximum atomic E-state index is 5.25. The molecule has 0 aliphatic rings. The zero-order valence-corrected chi connectivity index (χ0v) is 33.3. The summed E-state index contributed by atoms with van der Waals surface area (Å²) < 4.78 is 7.57. The van der Waals surface area contributed by atoms with Gasteiger partial charge in [-0.15, -0.1) is 22.7 Å². The third-order valence-electron chi connectivity index (χ3n) is 12.2. The molecule has 13 aromatic rings. The third kappa shape index (κ3) is 5.01. The van der Waals surface area contributed by atoms with Gasteiger partial charge < -0.3 is 0 Å². The molecule has 0 fully saturated rings. The van der Waals surface area contributed by atoms with E-state index in [9.17, 15) is 0 Å². The number of aromatic nitrogens is 2. The van der Waals surface area contributed by atoms with Crippen molar-refractivity contribution in [2.45, 2.75) is 0 Å². The second kappa shape index (κ2) is 12.7. The van der Waals surface area contributed by atoms with Gasteiger partial charge in [-0.05, 0) is 90.8 Å². The number of thiophene rings is 2. The van der Waals surface area contributed by atoms with Crippen LogP contribution < -0.4 is 0 Å². The fraction of sp³-hybridized carbons (Fsp3) is 0. The highest BCUT2D eigenvalue weighted by Gasteiger charge is 2.19. The fourth-order valence-electron chi connectivity index (χ4n) is 9.36. The molecule has 0 bridgehead atoms. The minimum Gasteiger partial charge on any atom is -0.291 e. The van der Waals surface area contributed by atoms with Crippen molar-refractivity contribution >= 4 is 101 Å². The lowest BCUT2D eigenvalue weighted by Crippen LogP contribution is -1.93. The molecule has 0 saturated heterocycles. The summed E-state index contributed by atoms with van der Waals surface area (Å²) >= 11 is 3.73. The molecule has 0 amide bonds. The van der Waals surface area contributed by atoms with Crippen molar-refractivity contribution in [1.82, 2.24) is 9.38 Å². The Bertz CT molecular complexity index is 3830. The second-order valence-corrected chi connectivity index (χ2v) is 17.6. The number of nitrogens with zero attached hydrogens (tertiary/aromatic N) is 2. The standard InChI is InChI=1S/C55H32N2S2/c1-2-10-41-34(9-1)25-28-46-47-32-50(57-49-15-7-6-14-48(49)56-55(57)54(47)59-53(41)46)37-23-21-36(22-24-37)40-30-29-39(42-11-3-4-12-43(40)42)35-19-17-33(18-20-35)38-26-27-45-44-13-5-8-16-51(44)58-52(45)31-38/h1-32H. The first kappa shape index (κ1) is 32.9. The fourth-order valence-corrected chi connectivity index (χ4v) is 11.8. The van der Waals surface area contributed by atoms with Crippen LogP contribution in [0.25, 0.3) is 123 Å². The summed E-state index contributed by atoms with van der Waals surface area (Å²) in [6.45, 7) is 0. The van der Waals surface area contributed by atoms with E-state index in [1.165, 1.54) is 95.3 Å². The summed E-state index contributed by atoms with van der Waals surface area (Å²) in [5.74, 6) is 0. The maximum Gasteiger partial charge on any atom is 0.156 e. The molecule has 4 aromatic heterocycles. The molecule has 0 atom stereocenters. The van der Waals surface area contributed by atoms with E-state index in [1.54, 1.807) is 0 Å². The summed E-state index contributed by atoms with van der Waals surface area (Å²) in [7, 11) is 0. The van der Waals surface area contributed by atoms with Crippen LogP contribution in [0.1, 0.15) is 0 Å². The monoisotopic (exact) mass is 784 g/mol. The molecule has 0 spiro atoms. The smallest absolute Gasteiger partial charge is 0.156 e. The zero-order chi connectivity index (χ0) is 38.6. The Morgan fingerprint density at radius 1 is 0.356 bits per heavy atom. The van der Waals surface area contributed by atoms with Crippen LogP contribution in [0, 0.1) is 0 Å². The van der Waals surface area contributed by atoms with Gasteiger partial charge in [0.05, 0.1) is 21.4 Å². The number of rotatable bonds is 4. The molecule has 274 valence electrons. The summed E-state index contributed by atoms with van der Waals surface area (Å²) in [5, 5.41) is 10.3. The van der Waals surface area contributed by atoms with Crippen LogP contribution in [0.15, 0.2) is 194 Å². The SMILES string of the molecule is c1ccc2c(c1)ccc1c3cc(-c4ccc(-c5ccc(-c6ccc(-c7ccc8c(c7)sc7ccccc78)cc6)c6ccccc56)cc4)n4c5ccccc5nc4c3sc21. The number of hydrogen-bond donors (Lipinski definition) is 0. The van der Waals surface area contributed by atoms with Gasteiger partial charge in [0.15, 0.2) is 5.65 Å². The molecule has 0 unspecified atom stereocenters. The number of imidazole rings is 1. The van der Waals surface area contributed by atoms with Gasteiger partial charge in [0.2, 0.25) is 0 Å². The van der Waals surface area contributed by atoms with Crippen LogP contribution in [-0.2, 0) is 0 Å². The number of benzene rings is 9. The minimum atomic E-state index is 1.01. The highest BCUT2D eigenvalue weighted by molar-refractivity contribution is 7.27. The summed E-state index contributed by atoms with van der Waals surface area (Å²) in [5.41, 5.74) is 12.8. The molecule has 0 N–H and O–H groups in total. The maximum absolute atomic E-state index is 5.25. The lowest BCUT2D eigenvalue weighted by molar-refractivity contribution is 1.25. The van der Waals surface area contributed by atoms with Crippen molar-refractivity contribution in [1.29, 1.82) is 0 Å². The first-order chi connectivity index (χ1) is 29.2. The largest absolute Gasteiger partial charge is 0.291 e. The quantitative estimate of drug-likeness (QED) is 0.174. The van der Waals surface area contributed by atoms with E-state index in [0.29, 0.717) is 0 Å². The van der Waals surface area contributed by atoms with Crippen molar-refractivity contribution in [3.05, 3.63) is 194 Å². The Morgan fingerprint density at radius 3 is 1.73 bits per heavy atom. The van der Waals surface area contributed by atoms with Crippen molar-refractivity contribution < 1.29 is 0 Å². The van der Waals surface area contributed by atoms with E-state index >= 15 is 0 Å². The van der Waals surface area contributed by atoms with Gasteiger partial charge in [-0.3, -0.25) is 4.40 Å². The van der Waals surface area contributed by atoms with Crippen LogP contribution in [0.2, 0.25) is 0 Å². The van der Waals surface area contributed by atoms with Gasteiger partial charge >= 0.3 is 0 Å². The predicted molar refractivity (Wildman–Crippen MR) is 255 cm³/mol. The van der Waals surface area contributed by atoms with E-state index in [1.807, 2.05) is 22.7 Å². The van der Waals surface area contributed by atoms with Crippen LogP contribution in [0.3, 0.4) is 0 Å². The molecule has 0 aliphatic heterocycles. The first-order valence-electron chi connectivity index (χ1n) is 20.0. The molecule has 4 heteroatoms. The van der Waals surface area contributed by atoms with Crippen molar-refractivity contribution in [3.63, 3.8) is 0 Å². The van der Waals surface area contributed by atoms with E-state index in [0.717, 1.165) is 27.9 Å². The number of hydrogen-bond acceptors (Lipinski definition) is 3. The molecular formula is C55H32N2S2. The lowest BCUT2D eigenvalue weighted by atomic mass is 9.91. The Labute approximate surface area is 347 Å². The van der Waals surface area contributed by atoms with E-state index in [-0.39, 0.29) is 0 Å². The molecule has 0 aliphatic carbocycles. The van der Waals surface area contributed by atoms with E-state index in [2.05, 4.69) is 199 Å². The van der Waals surface area contributed by atoms with E-state index in [4.69, 9.17) is 4.98 Å². The van der Waals surface area contributed by atoms with Gasteiger partial charge in [-0.1, -0.05) is 164 Å². The number of pyridine rings is 1. The van der Waals surface area contributed by atoms with Crippen molar-refractivity contribution in [2.24, 2.45) is 0 Å². The Hall–Kier alpha value is -7.11. The van der Waals surface area contributed by atoms with E-state index < -0.39 is 0 Å². The molecule has 0 radical (unpaired) electrons. The van der Waals surface area contributed by atoms with Crippen LogP contribution in [0.4, 0.5) is 0 Å². The van der Waals surface area contributed by atoms with Gasteiger partial charge in [0.1, 0.15) is 0 Å². The van der Waals surface area contributed by atoms with Crippen LogP contribution in [-0.4, -0.2) is 9.38 Å². The topological polar surface area (TPSA) is 17.3 Å². The van der Waals surface area contributed by atoms with Gasteiger partial charge in [-0.2, -0.15) is 0 Å². The molecule has 2 nitrogen and oxygen atoms in total. The Kier molecular flexibility index (Phi) is 7.08. The van der Waals surface area contributed by atoms with Crippen molar-refractivity contribution in [3.8, 4) is 44.6 Å². The van der Waals surface area contributed by atoms with Crippen LogP contribution in [0.5, 0.6) is 0 Å². The number of fused-ring (bicyclic) bond motifs is 13. The highest BCUT2D eigenvalue weighted by atomic mass is 32.1. The van der Waals surface area contributed by atoms with Gasteiger partial charge in [0, 0.05) is 35.6 Å². The molecule has 59 heavy (non-hydrogen) atoms. The third-order valence-corrected chi connectivity index (χ3v) is 14.6. The normalized spacial score (nSPS) is 12.1. The number of para-hydroxylation sites is 2. The molecule has 0 saturated carbocycles. The summed E-state index contributed by atoms with van der Waals surface area (Å²) in [6, 6.07) is 71.4. The Balaban J connectivity index is 0.893. The predicted octanol–water partition coefficient (Wildman–Crippen LogP) is 16.2. The molecule has 13 rings (SSSR count). The van der Waals surface area contributed by atoms with Crippen molar-refractivity contribution in [2.75, 3.05) is 0 Å². The van der Waals surface area contributed by atoms with Gasteiger partial charge in [0.25, 0.3) is 0 Å².